The van der Waals surface area contributed by atoms with E-state index in [1.165, 1.54) is 10.4 Å². The molecule has 1 unspecified atom stereocenters. The van der Waals surface area contributed by atoms with Crippen LogP contribution in [-0.4, -0.2) is 17.5 Å². The molecule has 0 saturated heterocycles. The van der Waals surface area contributed by atoms with Gasteiger partial charge in [0.25, 0.3) is 0 Å². The highest BCUT2D eigenvalue weighted by Gasteiger charge is 2.04. The summed E-state index contributed by atoms with van der Waals surface area (Å²) in [7, 11) is 0. The third-order valence-electron chi connectivity index (χ3n) is 4.05. The normalized spacial score (nSPS) is 12.6. The second-order valence-corrected chi connectivity index (χ2v) is 7.11. The number of aryl methyl sites for hydroxylation is 2. The summed E-state index contributed by atoms with van der Waals surface area (Å²) in [5.74, 6) is 1.03. The van der Waals surface area contributed by atoms with Gasteiger partial charge < -0.3 is 11.1 Å². The maximum Gasteiger partial charge on any atom is 0.193 e. The highest BCUT2D eigenvalue weighted by molar-refractivity contribution is 14.0. The number of anilines is 1. The Morgan fingerprint density at radius 2 is 1.96 bits per heavy atom. The second-order valence-electron chi connectivity index (χ2n) is 5.82. The topological polar surface area (TPSA) is 63.3 Å². The molecule has 1 aromatic heterocycles. The van der Waals surface area contributed by atoms with E-state index in [1.807, 2.05) is 6.92 Å². The largest absolute Gasteiger partial charge is 0.370 e. The summed E-state index contributed by atoms with van der Waals surface area (Å²) < 4.78 is 0. The van der Waals surface area contributed by atoms with E-state index in [0.717, 1.165) is 29.2 Å². The van der Waals surface area contributed by atoms with Gasteiger partial charge in [0.15, 0.2) is 5.96 Å². The minimum absolute atomic E-state index is 0. The number of halogens is 1. The number of aromatic nitrogens is 1. The zero-order valence-corrected chi connectivity index (χ0v) is 17.9. The average molecular weight is 458 g/mol. The zero-order valence-electron chi connectivity index (χ0n) is 14.8. The molecule has 2 aromatic rings. The summed E-state index contributed by atoms with van der Waals surface area (Å²) in [5.41, 5.74) is 9.38. The standard InChI is InChI=1S/C18H26N4S.HI/c1-5-12(2)15-6-8-16(9-7-15)22-18(19)20-11-10-17-21-13(3)14(4)23-17;/h6-9,12H,5,10-11H2,1-4H3,(H3,19,20,22);1H. The number of nitrogens with two attached hydrogens (primary N) is 1. The molecule has 0 amide bonds. The van der Waals surface area contributed by atoms with Crippen molar-refractivity contribution in [3.8, 4) is 0 Å². The highest BCUT2D eigenvalue weighted by atomic mass is 127. The Kier molecular flexibility index (Phi) is 8.69. The molecule has 1 aromatic carbocycles. The molecular formula is C18H27IN4S. The van der Waals surface area contributed by atoms with Gasteiger partial charge >= 0.3 is 0 Å². The van der Waals surface area contributed by atoms with Crippen molar-refractivity contribution in [1.29, 1.82) is 0 Å². The number of guanidine groups is 1. The molecule has 0 spiro atoms. The van der Waals surface area contributed by atoms with E-state index in [-0.39, 0.29) is 24.0 Å². The van der Waals surface area contributed by atoms with E-state index in [1.54, 1.807) is 11.3 Å². The van der Waals surface area contributed by atoms with Crippen molar-refractivity contribution in [2.45, 2.75) is 46.5 Å². The fourth-order valence-electron chi connectivity index (χ4n) is 2.24. The van der Waals surface area contributed by atoms with Crippen molar-refractivity contribution in [1.82, 2.24) is 4.98 Å². The molecule has 0 aliphatic rings. The lowest BCUT2D eigenvalue weighted by molar-refractivity contribution is 0.734. The Labute approximate surface area is 166 Å². The number of rotatable bonds is 6. The summed E-state index contributed by atoms with van der Waals surface area (Å²) in [6.45, 7) is 9.22. The van der Waals surface area contributed by atoms with Crippen LogP contribution in [0.4, 0.5) is 5.69 Å². The van der Waals surface area contributed by atoms with E-state index in [2.05, 4.69) is 60.3 Å². The van der Waals surface area contributed by atoms with Crippen LogP contribution < -0.4 is 11.1 Å². The van der Waals surface area contributed by atoms with Crippen LogP contribution in [0.15, 0.2) is 29.3 Å². The van der Waals surface area contributed by atoms with Gasteiger partial charge in [0, 0.05) is 23.5 Å². The summed E-state index contributed by atoms with van der Waals surface area (Å²) in [6, 6.07) is 8.39. The molecule has 3 N–H and O–H groups in total. The summed E-state index contributed by atoms with van der Waals surface area (Å²) in [6.07, 6.45) is 1.97. The number of hydrogen-bond donors (Lipinski definition) is 2. The van der Waals surface area contributed by atoms with Gasteiger partial charge in [-0.15, -0.1) is 35.3 Å². The molecule has 132 valence electrons. The first-order chi connectivity index (χ1) is 11.0. The molecule has 4 nitrogen and oxygen atoms in total. The molecule has 0 aliphatic heterocycles. The first kappa shape index (κ1) is 20.9. The molecule has 1 atom stereocenters. The molecule has 24 heavy (non-hydrogen) atoms. The van der Waals surface area contributed by atoms with Crippen LogP contribution in [-0.2, 0) is 6.42 Å². The lowest BCUT2D eigenvalue weighted by Crippen LogP contribution is -2.23. The van der Waals surface area contributed by atoms with Crippen LogP contribution >= 0.6 is 35.3 Å². The molecule has 0 fully saturated rings. The van der Waals surface area contributed by atoms with Gasteiger partial charge in [-0.05, 0) is 43.9 Å². The number of aliphatic imine (C=N–C) groups is 1. The van der Waals surface area contributed by atoms with Crippen molar-refractivity contribution in [2.75, 3.05) is 11.9 Å². The van der Waals surface area contributed by atoms with Gasteiger partial charge in [-0.3, -0.25) is 4.99 Å². The molecule has 0 bridgehead atoms. The molecule has 0 aliphatic carbocycles. The van der Waals surface area contributed by atoms with Gasteiger partial charge in [-0.25, -0.2) is 4.98 Å². The Hall–Kier alpha value is -1.15. The van der Waals surface area contributed by atoms with Crippen LogP contribution in [0.2, 0.25) is 0 Å². The van der Waals surface area contributed by atoms with Crippen molar-refractivity contribution < 1.29 is 0 Å². The fourth-order valence-corrected chi connectivity index (χ4v) is 3.16. The quantitative estimate of drug-likeness (QED) is 0.369. The van der Waals surface area contributed by atoms with Crippen molar-refractivity contribution in [3.63, 3.8) is 0 Å². The predicted molar refractivity (Wildman–Crippen MR) is 116 cm³/mol. The van der Waals surface area contributed by atoms with Crippen molar-refractivity contribution in [3.05, 3.63) is 45.4 Å². The third kappa shape index (κ3) is 6.05. The number of benzene rings is 1. The van der Waals surface area contributed by atoms with Crippen LogP contribution in [0.1, 0.15) is 47.3 Å². The van der Waals surface area contributed by atoms with E-state index >= 15 is 0 Å². The second kappa shape index (κ2) is 9.98. The zero-order chi connectivity index (χ0) is 16.8. The van der Waals surface area contributed by atoms with Crippen molar-refractivity contribution >= 4 is 47.0 Å². The van der Waals surface area contributed by atoms with E-state index in [9.17, 15) is 0 Å². The number of hydrogen-bond acceptors (Lipinski definition) is 3. The first-order valence-corrected chi connectivity index (χ1v) is 8.91. The minimum atomic E-state index is 0. The van der Waals surface area contributed by atoms with Gasteiger partial charge in [0.05, 0.1) is 10.7 Å². The lowest BCUT2D eigenvalue weighted by Gasteiger charge is -2.10. The SMILES string of the molecule is CCC(C)c1ccc(NC(N)=NCCc2nc(C)c(C)s2)cc1.I. The maximum absolute atomic E-state index is 5.95. The van der Waals surface area contributed by atoms with E-state index < -0.39 is 0 Å². The minimum Gasteiger partial charge on any atom is -0.370 e. The van der Waals surface area contributed by atoms with Gasteiger partial charge in [0.2, 0.25) is 0 Å². The van der Waals surface area contributed by atoms with Crippen LogP contribution in [0.25, 0.3) is 0 Å². The third-order valence-corrected chi connectivity index (χ3v) is 5.18. The molecule has 6 heteroatoms. The van der Waals surface area contributed by atoms with Gasteiger partial charge in [-0.2, -0.15) is 0 Å². The van der Waals surface area contributed by atoms with E-state index in [4.69, 9.17) is 5.73 Å². The Morgan fingerprint density at radius 3 is 2.50 bits per heavy atom. The van der Waals surface area contributed by atoms with Gasteiger partial charge in [0.1, 0.15) is 0 Å². The summed E-state index contributed by atoms with van der Waals surface area (Å²) >= 11 is 1.73. The van der Waals surface area contributed by atoms with Crippen LogP contribution in [0.3, 0.4) is 0 Å². The maximum atomic E-state index is 5.95. The molecule has 2 rings (SSSR count). The Bertz CT molecular complexity index is 645. The van der Waals surface area contributed by atoms with Gasteiger partial charge in [-0.1, -0.05) is 26.0 Å². The molecule has 0 radical (unpaired) electrons. The number of nitrogens with zero attached hydrogens (tertiary/aromatic N) is 2. The first-order valence-electron chi connectivity index (χ1n) is 8.09. The Morgan fingerprint density at radius 1 is 1.29 bits per heavy atom. The molecule has 1 heterocycles. The lowest BCUT2D eigenvalue weighted by atomic mass is 9.99. The molecular weight excluding hydrogens is 431 g/mol. The van der Waals surface area contributed by atoms with Crippen LogP contribution in [0, 0.1) is 13.8 Å². The predicted octanol–water partition coefficient (Wildman–Crippen LogP) is 4.86. The number of thiazole rings is 1. The van der Waals surface area contributed by atoms with Crippen LogP contribution in [0.5, 0.6) is 0 Å². The van der Waals surface area contributed by atoms with Crippen molar-refractivity contribution in [2.24, 2.45) is 10.7 Å². The Balaban J connectivity index is 0.00000288. The fraction of sp³-hybridized carbons (Fsp3) is 0.444. The average Bonchev–Trinajstić information content (AvgIpc) is 2.85. The number of nitrogens with one attached hydrogen (secondary N) is 1. The highest BCUT2D eigenvalue weighted by Crippen LogP contribution is 2.20. The summed E-state index contributed by atoms with van der Waals surface area (Å²) in [5, 5.41) is 4.26. The molecule has 0 saturated carbocycles. The summed E-state index contributed by atoms with van der Waals surface area (Å²) in [4.78, 5) is 10.2. The monoisotopic (exact) mass is 458 g/mol. The van der Waals surface area contributed by atoms with E-state index in [0.29, 0.717) is 18.4 Å². The smallest absolute Gasteiger partial charge is 0.193 e.